The number of hydrogen-bond donors (Lipinski definition) is 0. The SMILES string of the molecule is Fc1cccc(CN2CCCC2CBr)c1Br. The number of alkyl halides is 1. The van der Waals surface area contributed by atoms with Crippen LogP contribution in [0.25, 0.3) is 0 Å². The van der Waals surface area contributed by atoms with Gasteiger partial charge in [-0.25, -0.2) is 4.39 Å². The molecule has 1 atom stereocenters. The molecule has 0 spiro atoms. The van der Waals surface area contributed by atoms with E-state index in [1.807, 2.05) is 6.07 Å². The van der Waals surface area contributed by atoms with Crippen molar-refractivity contribution < 1.29 is 4.39 Å². The van der Waals surface area contributed by atoms with E-state index in [0.717, 1.165) is 24.0 Å². The van der Waals surface area contributed by atoms with Gasteiger partial charge < -0.3 is 0 Å². The number of nitrogens with zero attached hydrogens (tertiary/aromatic N) is 1. The zero-order valence-electron chi connectivity index (χ0n) is 8.93. The molecule has 1 saturated heterocycles. The molecular weight excluding hydrogens is 337 g/mol. The maximum Gasteiger partial charge on any atom is 0.137 e. The maximum absolute atomic E-state index is 13.4. The van der Waals surface area contributed by atoms with E-state index in [9.17, 15) is 4.39 Å². The molecule has 0 saturated carbocycles. The van der Waals surface area contributed by atoms with Crippen LogP contribution in [0.2, 0.25) is 0 Å². The average Bonchev–Trinajstić information content (AvgIpc) is 2.72. The molecule has 16 heavy (non-hydrogen) atoms. The summed E-state index contributed by atoms with van der Waals surface area (Å²) in [4.78, 5) is 2.41. The third-order valence-electron chi connectivity index (χ3n) is 3.08. The number of likely N-dealkylation sites (tertiary alicyclic amines) is 1. The van der Waals surface area contributed by atoms with Crippen LogP contribution in [0.1, 0.15) is 18.4 Å². The predicted molar refractivity (Wildman–Crippen MR) is 71.3 cm³/mol. The molecule has 0 N–H and O–H groups in total. The minimum atomic E-state index is -0.174. The van der Waals surface area contributed by atoms with Gasteiger partial charge in [-0.05, 0) is 46.9 Å². The van der Waals surface area contributed by atoms with Gasteiger partial charge in [0.15, 0.2) is 0 Å². The highest BCUT2D eigenvalue weighted by atomic mass is 79.9. The van der Waals surface area contributed by atoms with Crippen molar-refractivity contribution in [3.63, 3.8) is 0 Å². The fraction of sp³-hybridized carbons (Fsp3) is 0.500. The normalized spacial score (nSPS) is 21.6. The summed E-state index contributed by atoms with van der Waals surface area (Å²) in [6.07, 6.45) is 2.47. The Morgan fingerprint density at radius 3 is 3.00 bits per heavy atom. The smallest absolute Gasteiger partial charge is 0.137 e. The Balaban J connectivity index is 2.11. The van der Waals surface area contributed by atoms with E-state index >= 15 is 0 Å². The van der Waals surface area contributed by atoms with E-state index in [1.54, 1.807) is 6.07 Å². The zero-order chi connectivity index (χ0) is 11.5. The molecule has 0 aliphatic carbocycles. The highest BCUT2D eigenvalue weighted by Crippen LogP contribution is 2.26. The molecule has 4 heteroatoms. The van der Waals surface area contributed by atoms with Crippen LogP contribution in [0.5, 0.6) is 0 Å². The van der Waals surface area contributed by atoms with Gasteiger partial charge >= 0.3 is 0 Å². The minimum Gasteiger partial charge on any atom is -0.295 e. The third kappa shape index (κ3) is 2.66. The lowest BCUT2D eigenvalue weighted by molar-refractivity contribution is 0.264. The molecule has 1 unspecified atom stereocenters. The highest BCUT2D eigenvalue weighted by molar-refractivity contribution is 9.10. The van der Waals surface area contributed by atoms with Gasteiger partial charge in [-0.15, -0.1) is 0 Å². The summed E-state index contributed by atoms with van der Waals surface area (Å²) in [5, 5.41) is 1.000. The van der Waals surface area contributed by atoms with E-state index in [0.29, 0.717) is 10.5 Å². The van der Waals surface area contributed by atoms with Crippen LogP contribution >= 0.6 is 31.9 Å². The van der Waals surface area contributed by atoms with Gasteiger partial charge in [0.1, 0.15) is 5.82 Å². The van der Waals surface area contributed by atoms with E-state index < -0.39 is 0 Å². The summed E-state index contributed by atoms with van der Waals surface area (Å²) >= 11 is 6.85. The van der Waals surface area contributed by atoms with Gasteiger partial charge in [0, 0.05) is 17.9 Å². The van der Waals surface area contributed by atoms with Crippen LogP contribution < -0.4 is 0 Å². The molecule has 0 aromatic heterocycles. The molecule has 1 heterocycles. The fourth-order valence-corrected chi connectivity index (χ4v) is 3.29. The van der Waals surface area contributed by atoms with E-state index in [1.165, 1.54) is 18.9 Å². The quantitative estimate of drug-likeness (QED) is 0.746. The Bertz CT molecular complexity index is 370. The van der Waals surface area contributed by atoms with Gasteiger partial charge in [-0.3, -0.25) is 4.90 Å². The topological polar surface area (TPSA) is 3.24 Å². The number of halogens is 3. The van der Waals surface area contributed by atoms with E-state index in [4.69, 9.17) is 0 Å². The molecule has 2 rings (SSSR count). The highest BCUT2D eigenvalue weighted by Gasteiger charge is 2.24. The van der Waals surface area contributed by atoms with Crippen molar-refractivity contribution in [1.29, 1.82) is 0 Å². The number of benzene rings is 1. The van der Waals surface area contributed by atoms with Gasteiger partial charge in [-0.2, -0.15) is 0 Å². The van der Waals surface area contributed by atoms with E-state index in [2.05, 4.69) is 36.8 Å². The summed E-state index contributed by atoms with van der Waals surface area (Å²) in [6, 6.07) is 5.83. The molecule has 1 aliphatic heterocycles. The second-order valence-corrected chi connectivity index (χ2v) is 5.57. The van der Waals surface area contributed by atoms with Crippen molar-refractivity contribution in [3.8, 4) is 0 Å². The molecule has 0 amide bonds. The van der Waals surface area contributed by atoms with Gasteiger partial charge in [0.25, 0.3) is 0 Å². The summed E-state index contributed by atoms with van der Waals surface area (Å²) in [5.41, 5.74) is 1.04. The molecule has 1 aromatic carbocycles. The van der Waals surface area contributed by atoms with Crippen molar-refractivity contribution in [2.75, 3.05) is 11.9 Å². The monoisotopic (exact) mass is 349 g/mol. The van der Waals surface area contributed by atoms with Crippen LogP contribution in [-0.4, -0.2) is 22.8 Å². The molecule has 88 valence electrons. The summed E-state index contributed by atoms with van der Waals surface area (Å²) in [5.74, 6) is -0.174. The Labute approximate surface area is 112 Å². The van der Waals surface area contributed by atoms with Crippen molar-refractivity contribution in [2.24, 2.45) is 0 Å². The summed E-state index contributed by atoms with van der Waals surface area (Å²) in [7, 11) is 0. The number of hydrogen-bond acceptors (Lipinski definition) is 1. The van der Waals surface area contributed by atoms with Crippen molar-refractivity contribution in [1.82, 2.24) is 4.90 Å². The molecule has 0 bridgehead atoms. The van der Waals surface area contributed by atoms with Crippen LogP contribution in [0.15, 0.2) is 22.7 Å². The standard InChI is InChI=1S/C12H14Br2FN/c13-7-10-4-2-6-16(10)8-9-3-1-5-11(15)12(9)14/h1,3,5,10H,2,4,6-8H2. The largest absolute Gasteiger partial charge is 0.295 e. The second-order valence-electron chi connectivity index (χ2n) is 4.13. The summed E-state index contributed by atoms with van der Waals surface area (Å²) < 4.78 is 14.0. The molecular formula is C12H14Br2FN. The van der Waals surface area contributed by atoms with Crippen molar-refractivity contribution in [3.05, 3.63) is 34.1 Å². The van der Waals surface area contributed by atoms with Crippen LogP contribution in [0.3, 0.4) is 0 Å². The Morgan fingerprint density at radius 2 is 2.25 bits per heavy atom. The first kappa shape index (κ1) is 12.5. The Morgan fingerprint density at radius 1 is 1.44 bits per heavy atom. The van der Waals surface area contributed by atoms with E-state index in [-0.39, 0.29) is 5.82 Å². The zero-order valence-corrected chi connectivity index (χ0v) is 12.1. The first-order valence-electron chi connectivity index (χ1n) is 5.45. The molecule has 1 fully saturated rings. The predicted octanol–water partition coefficient (Wildman–Crippen LogP) is 3.95. The lowest BCUT2D eigenvalue weighted by atomic mass is 10.2. The van der Waals surface area contributed by atoms with Gasteiger partial charge in [0.05, 0.1) is 4.47 Å². The molecule has 1 nitrogen and oxygen atoms in total. The average molecular weight is 351 g/mol. The van der Waals surface area contributed by atoms with Crippen LogP contribution in [0.4, 0.5) is 4.39 Å². The second kappa shape index (κ2) is 5.61. The van der Waals surface area contributed by atoms with Crippen LogP contribution in [-0.2, 0) is 6.54 Å². The molecule has 1 aliphatic rings. The van der Waals surface area contributed by atoms with Crippen LogP contribution in [0, 0.1) is 5.82 Å². The van der Waals surface area contributed by atoms with Gasteiger partial charge in [-0.1, -0.05) is 28.1 Å². The lowest BCUT2D eigenvalue weighted by Crippen LogP contribution is -2.30. The Kier molecular flexibility index (Phi) is 4.39. The summed E-state index contributed by atoms with van der Waals surface area (Å²) in [6.45, 7) is 1.94. The molecule has 0 radical (unpaired) electrons. The van der Waals surface area contributed by atoms with Crippen molar-refractivity contribution in [2.45, 2.75) is 25.4 Å². The third-order valence-corrected chi connectivity index (χ3v) is 4.72. The first-order chi connectivity index (χ1) is 7.72. The van der Waals surface area contributed by atoms with Crippen molar-refractivity contribution >= 4 is 31.9 Å². The van der Waals surface area contributed by atoms with Gasteiger partial charge in [0.2, 0.25) is 0 Å². The number of rotatable bonds is 3. The minimum absolute atomic E-state index is 0.174. The Hall–Kier alpha value is 0.0700. The lowest BCUT2D eigenvalue weighted by Gasteiger charge is -2.23. The maximum atomic E-state index is 13.4. The fourth-order valence-electron chi connectivity index (χ4n) is 2.17. The molecule has 1 aromatic rings. The first-order valence-corrected chi connectivity index (χ1v) is 7.36.